The maximum atomic E-state index is 3.47. The number of hydrogen-bond acceptors (Lipinski definition) is 2. The minimum atomic E-state index is 0.853. The lowest BCUT2D eigenvalue weighted by Crippen LogP contribution is -2.57. The molecule has 2 saturated heterocycles. The Morgan fingerprint density at radius 2 is 2.15 bits per heavy atom. The first-order valence-electron chi connectivity index (χ1n) is 5.76. The Bertz CT molecular complexity index is 163. The third kappa shape index (κ3) is 1.89. The maximum Gasteiger partial charge on any atom is 0.0145 e. The summed E-state index contributed by atoms with van der Waals surface area (Å²) in [6.07, 6.45) is 2.73. The van der Waals surface area contributed by atoms with Crippen LogP contribution in [0.3, 0.4) is 0 Å². The molecule has 0 aromatic carbocycles. The minimum Gasteiger partial charge on any atom is -0.316 e. The summed E-state index contributed by atoms with van der Waals surface area (Å²) in [7, 11) is 0. The summed E-state index contributed by atoms with van der Waals surface area (Å²) in [6, 6.07) is 0.879. The van der Waals surface area contributed by atoms with Gasteiger partial charge < -0.3 is 5.32 Å². The lowest BCUT2D eigenvalue weighted by Gasteiger charge is -2.48. The summed E-state index contributed by atoms with van der Waals surface area (Å²) >= 11 is 0. The Morgan fingerprint density at radius 1 is 1.38 bits per heavy atom. The molecule has 1 N–H and O–H groups in total. The quantitative estimate of drug-likeness (QED) is 0.693. The molecule has 13 heavy (non-hydrogen) atoms. The molecule has 2 heterocycles. The molecular formula is C11H22N2. The highest BCUT2D eigenvalue weighted by Gasteiger charge is 2.34. The molecule has 0 saturated carbocycles. The molecule has 2 heteroatoms. The van der Waals surface area contributed by atoms with Crippen LogP contribution < -0.4 is 5.32 Å². The van der Waals surface area contributed by atoms with Gasteiger partial charge in [-0.25, -0.2) is 0 Å². The zero-order valence-electron chi connectivity index (χ0n) is 8.92. The van der Waals surface area contributed by atoms with Gasteiger partial charge in [-0.2, -0.15) is 0 Å². The van der Waals surface area contributed by atoms with E-state index in [1.54, 1.807) is 0 Å². The summed E-state index contributed by atoms with van der Waals surface area (Å²) in [6.45, 7) is 9.88. The van der Waals surface area contributed by atoms with E-state index in [4.69, 9.17) is 0 Å². The van der Waals surface area contributed by atoms with Gasteiger partial charge in [0.25, 0.3) is 0 Å². The van der Waals surface area contributed by atoms with Gasteiger partial charge in [-0.1, -0.05) is 20.3 Å². The second kappa shape index (κ2) is 3.97. The Morgan fingerprint density at radius 3 is 2.77 bits per heavy atom. The first-order chi connectivity index (χ1) is 6.31. The lowest BCUT2D eigenvalue weighted by atomic mass is 9.87. The van der Waals surface area contributed by atoms with Crippen LogP contribution in [-0.2, 0) is 0 Å². The van der Waals surface area contributed by atoms with E-state index >= 15 is 0 Å². The van der Waals surface area contributed by atoms with Crippen LogP contribution in [0.5, 0.6) is 0 Å². The van der Waals surface area contributed by atoms with Gasteiger partial charge >= 0.3 is 0 Å². The first-order valence-corrected chi connectivity index (χ1v) is 5.76. The number of nitrogens with one attached hydrogen (secondary N) is 1. The van der Waals surface area contributed by atoms with E-state index in [9.17, 15) is 0 Å². The summed E-state index contributed by atoms with van der Waals surface area (Å²) < 4.78 is 0. The molecule has 2 rings (SSSR count). The van der Waals surface area contributed by atoms with E-state index in [1.165, 1.54) is 39.0 Å². The Kier molecular flexibility index (Phi) is 2.89. The highest BCUT2D eigenvalue weighted by atomic mass is 15.2. The van der Waals surface area contributed by atoms with Crippen molar-refractivity contribution in [3.05, 3.63) is 0 Å². The Hall–Kier alpha value is -0.0800. The summed E-state index contributed by atoms with van der Waals surface area (Å²) in [5.41, 5.74) is 0. The van der Waals surface area contributed by atoms with Crippen molar-refractivity contribution in [2.75, 3.05) is 26.2 Å². The Labute approximate surface area is 81.7 Å². The van der Waals surface area contributed by atoms with E-state index < -0.39 is 0 Å². The van der Waals surface area contributed by atoms with Crippen molar-refractivity contribution in [3.8, 4) is 0 Å². The molecule has 0 aliphatic carbocycles. The molecule has 2 unspecified atom stereocenters. The molecule has 2 fully saturated rings. The fourth-order valence-corrected chi connectivity index (χ4v) is 2.68. The number of hydrogen-bond donors (Lipinski definition) is 1. The van der Waals surface area contributed by atoms with Crippen LogP contribution in [0.1, 0.15) is 26.7 Å². The van der Waals surface area contributed by atoms with Gasteiger partial charge in [0, 0.05) is 19.1 Å². The lowest BCUT2D eigenvalue weighted by molar-refractivity contribution is 0.0142. The van der Waals surface area contributed by atoms with Crippen LogP contribution >= 0.6 is 0 Å². The van der Waals surface area contributed by atoms with E-state index in [2.05, 4.69) is 24.1 Å². The van der Waals surface area contributed by atoms with Crippen LogP contribution in [0.15, 0.2) is 0 Å². The molecule has 0 amide bonds. The Balaban J connectivity index is 1.80. The average Bonchev–Trinajstić information content (AvgIpc) is 2.06. The zero-order chi connectivity index (χ0) is 9.26. The van der Waals surface area contributed by atoms with Crippen LogP contribution in [0.2, 0.25) is 0 Å². The van der Waals surface area contributed by atoms with Gasteiger partial charge in [-0.05, 0) is 31.3 Å². The smallest absolute Gasteiger partial charge is 0.0145 e. The predicted molar refractivity (Wildman–Crippen MR) is 55.8 cm³/mol. The van der Waals surface area contributed by atoms with Crippen LogP contribution in [-0.4, -0.2) is 37.1 Å². The average molecular weight is 182 g/mol. The van der Waals surface area contributed by atoms with Gasteiger partial charge in [0.2, 0.25) is 0 Å². The van der Waals surface area contributed by atoms with Gasteiger partial charge in [0.1, 0.15) is 0 Å². The number of piperidine rings is 1. The predicted octanol–water partition coefficient (Wildman–Crippen LogP) is 1.33. The molecule has 2 nitrogen and oxygen atoms in total. The fraction of sp³-hybridized carbons (Fsp3) is 1.00. The highest BCUT2D eigenvalue weighted by molar-refractivity contribution is 4.90. The first kappa shape index (κ1) is 9.47. The van der Waals surface area contributed by atoms with Crippen molar-refractivity contribution in [1.29, 1.82) is 0 Å². The molecule has 0 bridgehead atoms. The van der Waals surface area contributed by atoms with Gasteiger partial charge in [-0.3, -0.25) is 4.90 Å². The normalized spacial score (nSPS) is 37.4. The molecule has 0 aromatic heterocycles. The van der Waals surface area contributed by atoms with Crippen LogP contribution in [0, 0.1) is 11.8 Å². The molecule has 0 spiro atoms. The summed E-state index contributed by atoms with van der Waals surface area (Å²) in [5, 5.41) is 3.47. The summed E-state index contributed by atoms with van der Waals surface area (Å²) in [4.78, 5) is 2.69. The van der Waals surface area contributed by atoms with Crippen molar-refractivity contribution < 1.29 is 0 Å². The van der Waals surface area contributed by atoms with Crippen molar-refractivity contribution in [1.82, 2.24) is 10.2 Å². The third-order valence-corrected chi connectivity index (χ3v) is 3.77. The molecule has 2 atom stereocenters. The summed E-state index contributed by atoms with van der Waals surface area (Å²) in [5.74, 6) is 1.86. The van der Waals surface area contributed by atoms with E-state index in [1.807, 2.05) is 0 Å². The second-order valence-electron chi connectivity index (χ2n) is 4.77. The molecule has 0 radical (unpaired) electrons. The highest BCUT2D eigenvalue weighted by Crippen LogP contribution is 2.27. The zero-order valence-corrected chi connectivity index (χ0v) is 8.92. The second-order valence-corrected chi connectivity index (χ2v) is 4.77. The molecular weight excluding hydrogens is 160 g/mol. The van der Waals surface area contributed by atoms with E-state index in [0.717, 1.165) is 17.9 Å². The SMILES string of the molecule is CCC1CN(C2CCNCC2C)C1. The number of likely N-dealkylation sites (tertiary alicyclic amines) is 1. The van der Waals surface area contributed by atoms with Crippen molar-refractivity contribution in [2.24, 2.45) is 11.8 Å². The largest absolute Gasteiger partial charge is 0.316 e. The third-order valence-electron chi connectivity index (χ3n) is 3.77. The van der Waals surface area contributed by atoms with Crippen LogP contribution in [0.4, 0.5) is 0 Å². The van der Waals surface area contributed by atoms with E-state index in [-0.39, 0.29) is 0 Å². The molecule has 2 aliphatic rings. The maximum absolute atomic E-state index is 3.47. The van der Waals surface area contributed by atoms with Gasteiger partial charge in [-0.15, -0.1) is 0 Å². The van der Waals surface area contributed by atoms with Gasteiger partial charge in [0.15, 0.2) is 0 Å². The van der Waals surface area contributed by atoms with Crippen LogP contribution in [0.25, 0.3) is 0 Å². The fourth-order valence-electron chi connectivity index (χ4n) is 2.68. The van der Waals surface area contributed by atoms with E-state index in [0.29, 0.717) is 0 Å². The molecule has 76 valence electrons. The van der Waals surface area contributed by atoms with Crippen molar-refractivity contribution in [3.63, 3.8) is 0 Å². The minimum absolute atomic E-state index is 0.853. The standard InChI is InChI=1S/C11H22N2/c1-3-10-7-13(8-10)11-4-5-12-6-9(11)2/h9-12H,3-8H2,1-2H3. The topological polar surface area (TPSA) is 15.3 Å². The molecule has 0 aromatic rings. The molecule has 2 aliphatic heterocycles. The van der Waals surface area contributed by atoms with Crippen molar-refractivity contribution >= 4 is 0 Å². The van der Waals surface area contributed by atoms with Gasteiger partial charge in [0.05, 0.1) is 0 Å². The number of rotatable bonds is 2. The monoisotopic (exact) mass is 182 g/mol. The van der Waals surface area contributed by atoms with Crippen molar-refractivity contribution in [2.45, 2.75) is 32.7 Å². The number of nitrogens with zero attached hydrogens (tertiary/aromatic N) is 1.